The first-order valence-corrected chi connectivity index (χ1v) is 13.3. The molecule has 0 spiro atoms. The van der Waals surface area contributed by atoms with E-state index in [1.54, 1.807) is 5.20 Å². The highest BCUT2D eigenvalue weighted by atomic mass is 32.2. The van der Waals surface area contributed by atoms with E-state index in [2.05, 4.69) is 87.8 Å². The maximum Gasteiger partial charge on any atom is 0.0699 e. The molecule has 4 rings (SSSR count). The molecule has 128 valence electrons. The number of fused-ring (bicyclic) bond motifs is 2. The van der Waals surface area contributed by atoms with E-state index in [4.69, 9.17) is 0 Å². The standard InChI is InChI=1S/C23H26SSi/c1-15-13-17-9-6-7-10-18(17)21(15)23(24-3)12-8-11-19-20(23)14-16(2)22(19)25(4)5/h6-14,21,25H,1-5H3/t21-,23?/m1/s1. The van der Waals surface area contributed by atoms with Crippen LogP contribution in [0.5, 0.6) is 0 Å². The van der Waals surface area contributed by atoms with E-state index in [9.17, 15) is 0 Å². The first-order valence-electron chi connectivity index (χ1n) is 9.15. The van der Waals surface area contributed by atoms with Crippen molar-refractivity contribution in [3.63, 3.8) is 0 Å². The van der Waals surface area contributed by atoms with E-state index in [0.717, 1.165) is 0 Å². The lowest BCUT2D eigenvalue weighted by molar-refractivity contribution is 0.703. The zero-order valence-electron chi connectivity index (χ0n) is 15.8. The molecule has 3 aliphatic rings. The molecule has 1 aromatic rings. The van der Waals surface area contributed by atoms with Crippen LogP contribution >= 0.6 is 11.8 Å². The fourth-order valence-electron chi connectivity index (χ4n) is 4.97. The van der Waals surface area contributed by atoms with E-state index < -0.39 is 8.80 Å². The molecule has 0 aromatic heterocycles. The van der Waals surface area contributed by atoms with Crippen LogP contribution in [0.25, 0.3) is 6.08 Å². The van der Waals surface area contributed by atoms with Gasteiger partial charge in [-0.3, -0.25) is 0 Å². The van der Waals surface area contributed by atoms with Gasteiger partial charge < -0.3 is 0 Å². The van der Waals surface area contributed by atoms with Gasteiger partial charge in [0.2, 0.25) is 0 Å². The Morgan fingerprint density at radius 1 is 1.08 bits per heavy atom. The topological polar surface area (TPSA) is 0 Å². The quantitative estimate of drug-likeness (QED) is 0.588. The molecular formula is C23H26SSi. The Hall–Kier alpha value is -1.51. The minimum Gasteiger partial charge on any atom is -0.149 e. The second-order valence-electron chi connectivity index (χ2n) is 7.70. The average molecular weight is 363 g/mol. The first kappa shape index (κ1) is 16.9. The molecule has 0 fully saturated rings. The van der Waals surface area contributed by atoms with Crippen molar-refractivity contribution >= 4 is 26.6 Å². The van der Waals surface area contributed by atoms with Crippen LogP contribution in [0.4, 0.5) is 0 Å². The number of allylic oxidation sites excluding steroid dienone is 7. The van der Waals surface area contributed by atoms with E-state index in [1.165, 1.54) is 33.4 Å². The van der Waals surface area contributed by atoms with Crippen LogP contribution < -0.4 is 0 Å². The SMILES string of the molecule is CSC1([C@@H]2C(C)=Cc3ccccc32)C=CC=C2C1=CC(C)=C2[SiH](C)C. The summed E-state index contributed by atoms with van der Waals surface area (Å²) in [5.74, 6) is 0.422. The predicted molar refractivity (Wildman–Crippen MR) is 116 cm³/mol. The van der Waals surface area contributed by atoms with Gasteiger partial charge in [-0.25, -0.2) is 0 Å². The fourth-order valence-corrected chi connectivity index (χ4v) is 7.99. The Morgan fingerprint density at radius 3 is 2.56 bits per heavy atom. The summed E-state index contributed by atoms with van der Waals surface area (Å²) in [5, 5.41) is 1.66. The Bertz CT molecular complexity index is 894. The lowest BCUT2D eigenvalue weighted by atomic mass is 9.75. The summed E-state index contributed by atoms with van der Waals surface area (Å²) < 4.78 is 0.00354. The molecular weight excluding hydrogens is 336 g/mol. The van der Waals surface area contributed by atoms with Crippen LogP contribution in [-0.2, 0) is 0 Å². The third-order valence-corrected chi connectivity index (χ3v) is 9.07. The third-order valence-electron chi connectivity index (χ3n) is 5.88. The summed E-state index contributed by atoms with van der Waals surface area (Å²) in [7, 11) is -0.859. The minimum atomic E-state index is -0.859. The van der Waals surface area contributed by atoms with Crippen LogP contribution in [-0.4, -0.2) is 19.8 Å². The summed E-state index contributed by atoms with van der Waals surface area (Å²) in [6.07, 6.45) is 14.3. The number of rotatable bonds is 3. The molecule has 0 aliphatic heterocycles. The zero-order chi connectivity index (χ0) is 17.8. The van der Waals surface area contributed by atoms with Crippen LogP contribution in [0.3, 0.4) is 0 Å². The Balaban J connectivity index is 1.88. The summed E-state index contributed by atoms with van der Waals surface area (Å²) in [4.78, 5) is 0. The summed E-state index contributed by atoms with van der Waals surface area (Å²) >= 11 is 2.00. The van der Waals surface area contributed by atoms with Crippen LogP contribution in [0.1, 0.15) is 30.9 Å². The van der Waals surface area contributed by atoms with Crippen molar-refractivity contribution in [3.8, 4) is 0 Å². The Morgan fingerprint density at radius 2 is 1.84 bits per heavy atom. The number of thioether (sulfide) groups is 1. The second-order valence-corrected chi connectivity index (χ2v) is 11.7. The molecule has 1 unspecified atom stereocenters. The molecule has 1 aromatic carbocycles. The van der Waals surface area contributed by atoms with Crippen LogP contribution in [0.15, 0.2) is 76.1 Å². The van der Waals surface area contributed by atoms with Gasteiger partial charge in [0.1, 0.15) is 0 Å². The van der Waals surface area contributed by atoms with E-state index in [-0.39, 0.29) is 4.75 Å². The highest BCUT2D eigenvalue weighted by molar-refractivity contribution is 8.00. The van der Waals surface area contributed by atoms with Gasteiger partial charge in [0, 0.05) is 5.92 Å². The van der Waals surface area contributed by atoms with Crippen molar-refractivity contribution in [2.24, 2.45) is 0 Å². The molecule has 3 aliphatic carbocycles. The van der Waals surface area contributed by atoms with Gasteiger partial charge >= 0.3 is 0 Å². The monoisotopic (exact) mass is 362 g/mol. The molecule has 0 N–H and O–H groups in total. The highest BCUT2D eigenvalue weighted by Gasteiger charge is 2.47. The van der Waals surface area contributed by atoms with Crippen molar-refractivity contribution in [2.75, 3.05) is 6.26 Å². The van der Waals surface area contributed by atoms with Gasteiger partial charge in [0.25, 0.3) is 0 Å². The molecule has 2 heteroatoms. The largest absolute Gasteiger partial charge is 0.149 e. The smallest absolute Gasteiger partial charge is 0.0699 e. The van der Waals surface area contributed by atoms with Crippen molar-refractivity contribution in [1.29, 1.82) is 0 Å². The third kappa shape index (κ3) is 2.34. The van der Waals surface area contributed by atoms with Gasteiger partial charge in [0.05, 0.1) is 13.5 Å². The maximum atomic E-state index is 2.49. The Labute approximate surface area is 157 Å². The Kier molecular flexibility index (Phi) is 4.08. The van der Waals surface area contributed by atoms with E-state index in [0.29, 0.717) is 5.92 Å². The number of benzene rings is 1. The molecule has 0 saturated heterocycles. The first-order chi connectivity index (χ1) is 12.0. The van der Waals surface area contributed by atoms with Crippen LogP contribution in [0, 0.1) is 0 Å². The normalized spacial score (nSPS) is 27.3. The molecule has 25 heavy (non-hydrogen) atoms. The molecule has 0 bridgehead atoms. The predicted octanol–water partition coefficient (Wildman–Crippen LogP) is 6.07. The van der Waals surface area contributed by atoms with E-state index in [1.807, 2.05) is 11.8 Å². The molecule has 0 nitrogen and oxygen atoms in total. The molecule has 0 amide bonds. The van der Waals surface area contributed by atoms with Gasteiger partial charge in [-0.05, 0) is 42.4 Å². The lowest BCUT2D eigenvalue weighted by Gasteiger charge is -2.41. The second kappa shape index (κ2) is 6.03. The van der Waals surface area contributed by atoms with Crippen LogP contribution in [0.2, 0.25) is 13.1 Å². The van der Waals surface area contributed by atoms with Crippen molar-refractivity contribution in [2.45, 2.75) is 37.6 Å². The van der Waals surface area contributed by atoms with E-state index >= 15 is 0 Å². The van der Waals surface area contributed by atoms with Gasteiger partial charge in [-0.15, -0.1) is 11.8 Å². The molecule has 2 atom stereocenters. The highest BCUT2D eigenvalue weighted by Crippen LogP contribution is 2.57. The number of hydrogen-bond acceptors (Lipinski definition) is 1. The average Bonchev–Trinajstić information content (AvgIpc) is 3.10. The van der Waals surface area contributed by atoms with Crippen molar-refractivity contribution in [1.82, 2.24) is 0 Å². The lowest BCUT2D eigenvalue weighted by Crippen LogP contribution is -2.35. The minimum absolute atomic E-state index is 0.00354. The zero-order valence-corrected chi connectivity index (χ0v) is 17.7. The fraction of sp³-hybridized carbons (Fsp3) is 0.304. The van der Waals surface area contributed by atoms with Gasteiger partial charge in [-0.2, -0.15) is 0 Å². The summed E-state index contributed by atoms with van der Waals surface area (Å²) in [6, 6.07) is 8.93. The summed E-state index contributed by atoms with van der Waals surface area (Å²) in [6.45, 7) is 9.52. The van der Waals surface area contributed by atoms with Crippen molar-refractivity contribution < 1.29 is 0 Å². The molecule has 0 saturated carbocycles. The molecule has 0 heterocycles. The molecule has 0 radical (unpaired) electrons. The van der Waals surface area contributed by atoms with Gasteiger partial charge in [-0.1, -0.05) is 84.1 Å². The summed E-state index contributed by atoms with van der Waals surface area (Å²) in [5.41, 5.74) is 8.91. The van der Waals surface area contributed by atoms with Crippen molar-refractivity contribution in [3.05, 3.63) is 87.2 Å². The maximum absolute atomic E-state index is 2.49. The van der Waals surface area contributed by atoms with Gasteiger partial charge in [0.15, 0.2) is 0 Å². The number of hydrogen-bond donors (Lipinski definition) is 0.